The van der Waals surface area contributed by atoms with Crippen molar-refractivity contribution < 1.29 is 62.2 Å². The van der Waals surface area contributed by atoms with Gasteiger partial charge in [0.2, 0.25) is 0 Å². The molecule has 13 aromatic carbocycles. The SMILES string of the molecule is CC(=O)c1ccccc1Br.FC(F)(F)c1cc(-c2ccccc2Br)n(C2CCCCO2)n1.FC(F)(F)c1cc(-c2ccccc2Br)n[nH]1.FC(F)(F)c1cc2n(n1)C(c1ccc(Br)cc1)(c1ccc(Br)cc1)c1ccccc1-2.FC(F)(F)c1cc2n(n1)C(c1ccc(N3c4ccccc4Sc4ccccc43)cc1)(c1ccc(N3c4ccccc4Sc4ccccc43)cc1)c1ccccc1-2. The van der Waals surface area contributed by atoms with Gasteiger partial charge in [-0.15, -0.1) is 0 Å². The fraction of sp³-hybridized carbons (Fsp3) is 0.117. The second-order valence-corrected chi connectivity index (χ2v) is 37.9. The number of anilines is 6. The number of aromatic nitrogens is 8. The Hall–Kier alpha value is -11.8. The summed E-state index contributed by atoms with van der Waals surface area (Å²) in [5.74, 6) is 0.0903. The summed E-state index contributed by atoms with van der Waals surface area (Å²) in [7, 11) is 0. The Balaban J connectivity index is 0.000000128. The van der Waals surface area contributed by atoms with Crippen LogP contribution in [0.2, 0.25) is 0 Å². The van der Waals surface area contributed by atoms with Crippen LogP contribution in [-0.4, -0.2) is 51.9 Å². The first-order chi connectivity index (χ1) is 64.4. The van der Waals surface area contributed by atoms with Crippen LogP contribution >= 0.6 is 103 Å². The van der Waals surface area contributed by atoms with Gasteiger partial charge in [0.1, 0.15) is 16.8 Å². The van der Waals surface area contributed by atoms with Crippen LogP contribution in [0.15, 0.2) is 382 Å². The van der Waals surface area contributed by atoms with Crippen LogP contribution in [0.25, 0.3) is 45.0 Å². The van der Waals surface area contributed by atoms with E-state index >= 15 is 0 Å². The first-order valence-corrected chi connectivity index (χ1v) is 47.2. The average Bonchev–Trinajstić information content (AvgIpc) is 1.53. The molecule has 22 rings (SSSR count). The molecule has 5 aliphatic rings. The lowest BCUT2D eigenvalue weighted by atomic mass is 9.77. The van der Waals surface area contributed by atoms with E-state index in [1.807, 2.05) is 199 Å². The highest BCUT2D eigenvalue weighted by atomic mass is 79.9. The van der Waals surface area contributed by atoms with Gasteiger partial charge in [0.05, 0.1) is 45.5 Å². The fourth-order valence-corrected chi connectivity index (χ4v) is 21.4. The summed E-state index contributed by atoms with van der Waals surface area (Å²) in [6.07, 6.45) is -16.0. The molecule has 0 amide bonds. The molecule has 0 spiro atoms. The number of para-hydroxylation sites is 4. The second kappa shape index (κ2) is 37.8. The maximum absolute atomic E-state index is 14.5. The predicted octanol–water partition coefficient (Wildman–Crippen LogP) is 32.4. The van der Waals surface area contributed by atoms with E-state index in [2.05, 4.69) is 183 Å². The number of hydrogen-bond acceptors (Lipinski definition) is 10. The molecular formula is C103H69Br5F12N10O2S2. The third kappa shape index (κ3) is 18.0. The Bertz CT molecular complexity index is 6940. The number of carbonyl (C=O) groups excluding carboxylic acids is 1. The first-order valence-electron chi connectivity index (χ1n) is 41.6. The van der Waals surface area contributed by atoms with Crippen molar-refractivity contribution in [3.05, 3.63) is 424 Å². The largest absolute Gasteiger partial charge is 0.435 e. The molecular weight excluding hydrogens is 2100 g/mol. The molecule has 134 heavy (non-hydrogen) atoms. The van der Waals surface area contributed by atoms with Gasteiger partial charge in [-0.05, 0) is 199 Å². The van der Waals surface area contributed by atoms with Gasteiger partial charge in [-0.1, -0.05) is 303 Å². The molecule has 0 bridgehead atoms. The van der Waals surface area contributed by atoms with Crippen molar-refractivity contribution in [2.45, 2.75) is 87.8 Å². The normalized spacial score (nSPS) is 14.6. The van der Waals surface area contributed by atoms with Gasteiger partial charge in [-0.25, -0.2) is 14.0 Å². The number of ketones is 1. The Morgan fingerprint density at radius 3 is 1.10 bits per heavy atom. The van der Waals surface area contributed by atoms with Gasteiger partial charge in [0, 0.05) is 87.7 Å². The van der Waals surface area contributed by atoms with Crippen LogP contribution in [0.4, 0.5) is 86.8 Å². The number of nitrogens with one attached hydrogen (secondary N) is 1. The number of nitrogens with zero attached hydrogens (tertiary/aromatic N) is 9. The molecule has 5 aliphatic heterocycles. The molecule has 1 saturated heterocycles. The number of alkyl halides is 12. The topological polar surface area (TPSA) is 115 Å². The minimum absolute atomic E-state index is 0.0903. The molecule has 4 aromatic heterocycles. The highest BCUT2D eigenvalue weighted by Crippen LogP contribution is 2.59. The van der Waals surface area contributed by atoms with E-state index in [0.29, 0.717) is 45.7 Å². The number of halogens is 17. The Kier molecular flexibility index (Phi) is 26.1. The lowest BCUT2D eigenvalue weighted by molar-refractivity contribution is -0.143. The molecule has 0 aliphatic carbocycles. The summed E-state index contributed by atoms with van der Waals surface area (Å²) in [5.41, 5.74) is 10.5. The molecule has 9 heterocycles. The standard InChI is InChI=1S/C47H29F3N4S2.C23H13Br2F3N2.C15H14BrF3N2O.C10H6BrF3N2.C8H7BrO/c48-47(49,50)45-29-40-34-11-1-2-12-35(34)46(54(40)51-45,30-21-25-32(26-22-30)52-36-13-3-7-17-41(36)55-42-18-8-4-14-37(42)52)31-23-27-33(28-24-31)53-38-15-5-9-19-43(38)56-44-20-10-6-16-39(44)53;24-16-9-5-14(6-10-16)22(15-7-11-17(25)12-8-15)19-4-2-1-3-18(19)20-13-21(23(26,27)28)29-30(20)22;16-11-6-2-1-5-10(11)12-9-13(15(17,18)19)20-21(12)14-7-3-4-8-22-14;11-7-4-2-1-3-6(7)8-5-9(16-15-8)10(12,13)14;1-6(10)7-4-2-3-5-8(7)9/h1-29H;1-13H;1-2,5-6,9,14H,3-4,7-8H2;1-5H,(H,15,16);2-5H,1H3. The molecule has 0 saturated carbocycles. The summed E-state index contributed by atoms with van der Waals surface area (Å²) in [5, 5.41) is 17.9. The zero-order chi connectivity index (χ0) is 93.8. The van der Waals surface area contributed by atoms with Crippen LogP contribution in [0.1, 0.15) is 98.9 Å². The van der Waals surface area contributed by atoms with Crippen molar-refractivity contribution in [1.82, 2.24) is 39.5 Å². The van der Waals surface area contributed by atoms with Crippen LogP contribution in [-0.2, 0) is 40.5 Å². The molecule has 1 atom stereocenters. The third-order valence-electron chi connectivity index (χ3n) is 23.2. The molecule has 0 radical (unpaired) electrons. The van der Waals surface area contributed by atoms with Crippen molar-refractivity contribution in [2.24, 2.45) is 0 Å². The van der Waals surface area contributed by atoms with Crippen LogP contribution < -0.4 is 9.80 Å². The number of ether oxygens (including phenoxy) is 1. The van der Waals surface area contributed by atoms with Crippen molar-refractivity contribution in [3.63, 3.8) is 0 Å². The summed E-state index contributed by atoms with van der Waals surface area (Å²) in [6, 6.07) is 106. The predicted molar refractivity (Wildman–Crippen MR) is 515 cm³/mol. The number of H-pyrrole nitrogens is 1. The van der Waals surface area contributed by atoms with E-state index in [1.165, 1.54) is 15.4 Å². The lowest BCUT2D eigenvalue weighted by Crippen LogP contribution is -2.36. The maximum atomic E-state index is 14.5. The molecule has 1 fully saturated rings. The fourth-order valence-electron chi connectivity index (χ4n) is 17.3. The smallest absolute Gasteiger partial charge is 0.356 e. The Morgan fingerprint density at radius 2 is 0.731 bits per heavy atom. The van der Waals surface area contributed by atoms with Crippen molar-refractivity contribution in [3.8, 4) is 45.0 Å². The quantitative estimate of drug-likeness (QED) is 0.105. The number of benzene rings is 13. The minimum atomic E-state index is -4.62. The minimum Gasteiger partial charge on any atom is -0.356 e. The Labute approximate surface area is 811 Å². The zero-order valence-electron chi connectivity index (χ0n) is 69.8. The lowest BCUT2D eigenvalue weighted by Gasteiger charge is -2.36. The van der Waals surface area contributed by atoms with Crippen molar-refractivity contribution in [2.75, 3.05) is 16.4 Å². The highest BCUT2D eigenvalue weighted by molar-refractivity contribution is 9.11. The number of fused-ring (bicyclic) bond motifs is 10. The number of carbonyl (C=O) groups is 1. The molecule has 17 aromatic rings. The van der Waals surface area contributed by atoms with Gasteiger partial charge in [-0.2, -0.15) is 73.1 Å². The Morgan fingerprint density at radius 1 is 0.381 bits per heavy atom. The van der Waals surface area contributed by atoms with Gasteiger partial charge in [0.25, 0.3) is 0 Å². The van der Waals surface area contributed by atoms with Gasteiger partial charge in [-0.3, -0.25) is 9.89 Å². The van der Waals surface area contributed by atoms with Crippen LogP contribution in [0.3, 0.4) is 0 Å². The zero-order valence-corrected chi connectivity index (χ0v) is 79.4. The number of Topliss-reactive ketones (excluding diaryl/α,β-unsaturated/α-hetero) is 1. The molecule has 12 nitrogen and oxygen atoms in total. The van der Waals surface area contributed by atoms with E-state index in [1.54, 1.807) is 83.7 Å². The number of hydrogen-bond donors (Lipinski definition) is 1. The summed E-state index contributed by atoms with van der Waals surface area (Å²) in [6.45, 7) is 2.10. The summed E-state index contributed by atoms with van der Waals surface area (Å²) < 4.78 is 175. The third-order valence-corrected chi connectivity index (χ3v) is 28.6. The van der Waals surface area contributed by atoms with E-state index in [0.717, 1.165) is 153 Å². The first kappa shape index (κ1) is 92.6. The highest BCUT2D eigenvalue weighted by Gasteiger charge is 2.52. The maximum Gasteiger partial charge on any atom is 0.435 e. The molecule has 31 heteroatoms. The molecule has 674 valence electrons. The summed E-state index contributed by atoms with van der Waals surface area (Å²) >= 11 is 20.3. The van der Waals surface area contributed by atoms with Gasteiger partial charge < -0.3 is 14.5 Å². The average molecular weight is 2170 g/mol. The molecule has 1 unspecified atom stereocenters. The van der Waals surface area contributed by atoms with Gasteiger partial charge >= 0.3 is 24.7 Å². The second-order valence-electron chi connectivity index (χ2n) is 31.4. The van der Waals surface area contributed by atoms with E-state index in [-0.39, 0.29) is 11.5 Å². The monoisotopic (exact) mass is 2160 g/mol. The summed E-state index contributed by atoms with van der Waals surface area (Å²) in [4.78, 5) is 19.9. The number of aromatic amines is 1. The van der Waals surface area contributed by atoms with Crippen LogP contribution in [0.5, 0.6) is 0 Å². The number of rotatable bonds is 10. The van der Waals surface area contributed by atoms with Crippen LogP contribution in [0, 0.1) is 0 Å². The van der Waals surface area contributed by atoms with Gasteiger partial charge in [0.15, 0.2) is 29.1 Å². The van der Waals surface area contributed by atoms with E-state index in [4.69, 9.17) is 4.74 Å². The molecule has 1 N–H and O–H groups in total. The van der Waals surface area contributed by atoms with Crippen molar-refractivity contribution in [1.29, 1.82) is 0 Å². The van der Waals surface area contributed by atoms with Crippen molar-refractivity contribution >= 4 is 143 Å². The van der Waals surface area contributed by atoms with E-state index < -0.39 is 64.8 Å². The van der Waals surface area contributed by atoms with E-state index in [9.17, 15) is 57.5 Å².